The van der Waals surface area contributed by atoms with E-state index in [9.17, 15) is 9.59 Å². The van der Waals surface area contributed by atoms with Crippen molar-refractivity contribution in [2.24, 2.45) is 0 Å². The molecule has 0 atom stereocenters. The van der Waals surface area contributed by atoms with E-state index in [1.807, 2.05) is 25.1 Å². The molecule has 0 radical (unpaired) electrons. The molecule has 0 saturated carbocycles. The fourth-order valence-electron chi connectivity index (χ4n) is 2.14. The number of Topliss-reactive ketones (excluding diaryl/α,β-unsaturated/α-hetero) is 1. The average molecular weight is 347 g/mol. The van der Waals surface area contributed by atoms with E-state index >= 15 is 0 Å². The van der Waals surface area contributed by atoms with Crippen molar-refractivity contribution in [3.63, 3.8) is 0 Å². The maximum absolute atomic E-state index is 12.1. The zero-order valence-electron chi connectivity index (χ0n) is 13.8. The molecule has 0 fully saturated rings. The zero-order chi connectivity index (χ0) is 17.7. The van der Waals surface area contributed by atoms with Crippen molar-refractivity contribution in [3.8, 4) is 5.75 Å². The van der Waals surface area contributed by atoms with Crippen molar-refractivity contribution in [1.82, 2.24) is 0 Å². The van der Waals surface area contributed by atoms with Gasteiger partial charge < -0.3 is 15.0 Å². The van der Waals surface area contributed by atoms with E-state index in [0.717, 1.165) is 5.69 Å². The Hall–Kier alpha value is -2.53. The Morgan fingerprint density at radius 3 is 2.58 bits per heavy atom. The fourth-order valence-corrected chi connectivity index (χ4v) is 2.31. The Labute approximate surface area is 146 Å². The molecule has 0 unspecified atom stereocenters. The van der Waals surface area contributed by atoms with E-state index in [1.54, 1.807) is 36.4 Å². The molecule has 6 heteroatoms. The number of hydrogen-bond donors (Lipinski definition) is 1. The summed E-state index contributed by atoms with van der Waals surface area (Å²) in [6.45, 7) is 1.31. The molecule has 0 aliphatic carbocycles. The first-order chi connectivity index (χ1) is 11.4. The van der Waals surface area contributed by atoms with Crippen LogP contribution in [0.25, 0.3) is 0 Å². The molecule has 0 heterocycles. The van der Waals surface area contributed by atoms with Crippen molar-refractivity contribution in [3.05, 3.63) is 53.1 Å². The lowest BCUT2D eigenvalue weighted by molar-refractivity contribution is -0.118. The Morgan fingerprint density at radius 2 is 1.92 bits per heavy atom. The number of ketones is 1. The average Bonchev–Trinajstić information content (AvgIpc) is 2.53. The molecule has 5 nitrogen and oxygen atoms in total. The van der Waals surface area contributed by atoms with Gasteiger partial charge in [-0.15, -0.1) is 0 Å². The van der Waals surface area contributed by atoms with Gasteiger partial charge in [-0.1, -0.05) is 23.7 Å². The molecule has 2 rings (SSSR count). The third kappa shape index (κ3) is 4.73. The number of nitrogens with one attached hydrogen (secondary N) is 1. The Kier molecular flexibility index (Phi) is 5.82. The lowest BCUT2D eigenvalue weighted by atomic mass is 10.1. The van der Waals surface area contributed by atoms with Crippen LogP contribution >= 0.6 is 11.6 Å². The van der Waals surface area contributed by atoms with Gasteiger partial charge in [0.05, 0.1) is 11.4 Å². The minimum Gasteiger partial charge on any atom is -0.484 e. The van der Waals surface area contributed by atoms with E-state index < -0.39 is 0 Å². The minimum absolute atomic E-state index is 0.0561. The predicted octanol–water partition coefficient (Wildman–Crippen LogP) is 3.63. The molecule has 1 N–H and O–H groups in total. The van der Waals surface area contributed by atoms with Crippen molar-refractivity contribution < 1.29 is 14.3 Å². The Bertz CT molecular complexity index is 760. The maximum atomic E-state index is 12.1. The summed E-state index contributed by atoms with van der Waals surface area (Å²) in [6, 6.07) is 12.0. The quantitative estimate of drug-likeness (QED) is 0.811. The summed E-state index contributed by atoms with van der Waals surface area (Å²) in [7, 11) is 3.76. The highest BCUT2D eigenvalue weighted by Gasteiger charge is 2.10. The molecule has 0 bridgehead atoms. The molecule has 0 aliphatic heterocycles. The van der Waals surface area contributed by atoms with Crippen LogP contribution in [0.4, 0.5) is 11.4 Å². The number of carbonyl (C=O) groups is 2. The predicted molar refractivity (Wildman–Crippen MR) is 96.4 cm³/mol. The van der Waals surface area contributed by atoms with E-state index in [-0.39, 0.29) is 18.3 Å². The van der Waals surface area contributed by atoms with Gasteiger partial charge in [0.2, 0.25) is 0 Å². The molecular weight excluding hydrogens is 328 g/mol. The normalized spacial score (nSPS) is 10.2. The molecular formula is C18H19ClN2O3. The van der Waals surface area contributed by atoms with Gasteiger partial charge in [-0.25, -0.2) is 0 Å². The first-order valence-corrected chi connectivity index (χ1v) is 7.75. The summed E-state index contributed by atoms with van der Waals surface area (Å²) in [6.07, 6.45) is 0. The SMILES string of the molecule is CC(=O)c1cccc(OCC(=O)Nc2cc(Cl)ccc2N(C)C)c1. The fraction of sp³-hybridized carbons (Fsp3) is 0.222. The van der Waals surface area contributed by atoms with Crippen LogP contribution < -0.4 is 15.0 Å². The van der Waals surface area contributed by atoms with Crippen LogP contribution in [0.5, 0.6) is 5.75 Å². The standard InChI is InChI=1S/C18H19ClN2O3/c1-12(22)13-5-4-6-15(9-13)24-11-18(23)20-16-10-14(19)7-8-17(16)21(2)3/h4-10H,11H2,1-3H3,(H,20,23). The monoisotopic (exact) mass is 346 g/mol. The largest absolute Gasteiger partial charge is 0.484 e. The first kappa shape index (κ1) is 17.8. The Morgan fingerprint density at radius 1 is 1.17 bits per heavy atom. The van der Waals surface area contributed by atoms with E-state index in [0.29, 0.717) is 22.0 Å². The second-order valence-electron chi connectivity index (χ2n) is 5.48. The molecule has 24 heavy (non-hydrogen) atoms. The van der Waals surface area contributed by atoms with Gasteiger partial charge in [-0.2, -0.15) is 0 Å². The summed E-state index contributed by atoms with van der Waals surface area (Å²) in [5.74, 6) is 0.102. The third-order valence-electron chi connectivity index (χ3n) is 3.32. The number of anilines is 2. The Balaban J connectivity index is 2.03. The number of ether oxygens (including phenoxy) is 1. The van der Waals surface area contributed by atoms with Crippen LogP contribution in [0.15, 0.2) is 42.5 Å². The van der Waals surface area contributed by atoms with Gasteiger partial charge in [-0.05, 0) is 37.3 Å². The third-order valence-corrected chi connectivity index (χ3v) is 3.56. The molecule has 0 spiro atoms. The van der Waals surface area contributed by atoms with E-state index in [2.05, 4.69) is 5.32 Å². The number of carbonyl (C=O) groups excluding carboxylic acids is 2. The van der Waals surface area contributed by atoms with Gasteiger partial charge >= 0.3 is 0 Å². The van der Waals surface area contributed by atoms with E-state index in [4.69, 9.17) is 16.3 Å². The topological polar surface area (TPSA) is 58.6 Å². The highest BCUT2D eigenvalue weighted by molar-refractivity contribution is 6.31. The first-order valence-electron chi connectivity index (χ1n) is 7.37. The molecule has 0 aliphatic rings. The number of rotatable bonds is 6. The molecule has 1 amide bonds. The van der Waals surface area contributed by atoms with Crippen LogP contribution in [0, 0.1) is 0 Å². The summed E-state index contributed by atoms with van der Waals surface area (Å²) >= 11 is 5.99. The van der Waals surface area contributed by atoms with Gasteiger partial charge in [-0.3, -0.25) is 9.59 Å². The number of nitrogens with zero attached hydrogens (tertiary/aromatic N) is 1. The summed E-state index contributed by atoms with van der Waals surface area (Å²) in [4.78, 5) is 25.4. The summed E-state index contributed by atoms with van der Waals surface area (Å²) in [5, 5.41) is 3.32. The minimum atomic E-state index is -0.311. The molecule has 0 saturated heterocycles. The van der Waals surface area contributed by atoms with Crippen LogP contribution in [0.1, 0.15) is 17.3 Å². The zero-order valence-corrected chi connectivity index (χ0v) is 14.6. The highest BCUT2D eigenvalue weighted by atomic mass is 35.5. The van der Waals surface area contributed by atoms with Gasteiger partial charge in [0.25, 0.3) is 5.91 Å². The number of halogens is 1. The van der Waals surface area contributed by atoms with Crippen molar-refractivity contribution in [2.75, 3.05) is 30.9 Å². The van der Waals surface area contributed by atoms with Crippen molar-refractivity contribution in [1.29, 1.82) is 0 Å². The number of hydrogen-bond acceptors (Lipinski definition) is 4. The second-order valence-corrected chi connectivity index (χ2v) is 5.91. The highest BCUT2D eigenvalue weighted by Crippen LogP contribution is 2.27. The second kappa shape index (κ2) is 7.84. The molecule has 2 aromatic carbocycles. The lowest BCUT2D eigenvalue weighted by Crippen LogP contribution is -2.22. The summed E-state index contributed by atoms with van der Waals surface area (Å²) < 4.78 is 5.45. The maximum Gasteiger partial charge on any atom is 0.262 e. The van der Waals surface area contributed by atoms with Crippen LogP contribution in [-0.2, 0) is 4.79 Å². The van der Waals surface area contributed by atoms with Gasteiger partial charge in [0, 0.05) is 24.7 Å². The molecule has 2 aromatic rings. The van der Waals surface area contributed by atoms with Crippen LogP contribution in [0.2, 0.25) is 5.02 Å². The van der Waals surface area contributed by atoms with Crippen molar-refractivity contribution in [2.45, 2.75) is 6.92 Å². The molecule has 126 valence electrons. The number of amides is 1. The molecule has 0 aromatic heterocycles. The lowest BCUT2D eigenvalue weighted by Gasteiger charge is -2.18. The van der Waals surface area contributed by atoms with Crippen LogP contribution in [0.3, 0.4) is 0 Å². The smallest absolute Gasteiger partial charge is 0.262 e. The van der Waals surface area contributed by atoms with Crippen molar-refractivity contribution >= 4 is 34.7 Å². The summed E-state index contributed by atoms with van der Waals surface area (Å²) in [5.41, 5.74) is 1.99. The van der Waals surface area contributed by atoms with Gasteiger partial charge in [0.15, 0.2) is 12.4 Å². The van der Waals surface area contributed by atoms with Gasteiger partial charge in [0.1, 0.15) is 5.75 Å². The number of benzene rings is 2. The van der Waals surface area contributed by atoms with Crippen LogP contribution in [-0.4, -0.2) is 32.4 Å². The van der Waals surface area contributed by atoms with E-state index in [1.165, 1.54) is 6.92 Å².